The van der Waals surface area contributed by atoms with Crippen LogP contribution in [0, 0.1) is 5.41 Å². The standard InChI is InChI=1S/C16H20N2O5/c1-16(2)7-11-9(12(19)8-16)6-10(15(23)18-11)14(22)17-5-3-4-13(20)21/h6H,3-5,7-8H2,1-2H3,(H,17,22)(H,18,23)(H,20,21). The number of fused-ring (bicyclic) bond motifs is 1. The smallest absolute Gasteiger partial charge is 0.303 e. The maximum atomic E-state index is 12.2. The molecule has 1 amide bonds. The van der Waals surface area contributed by atoms with Crippen LogP contribution in [-0.4, -0.2) is 34.3 Å². The van der Waals surface area contributed by atoms with Gasteiger partial charge in [-0.3, -0.25) is 19.2 Å². The molecule has 0 aromatic carbocycles. The molecule has 0 aliphatic heterocycles. The van der Waals surface area contributed by atoms with Gasteiger partial charge in [0.1, 0.15) is 5.56 Å². The van der Waals surface area contributed by atoms with E-state index in [4.69, 9.17) is 5.11 Å². The molecule has 1 heterocycles. The summed E-state index contributed by atoms with van der Waals surface area (Å²) < 4.78 is 0. The summed E-state index contributed by atoms with van der Waals surface area (Å²) >= 11 is 0. The molecule has 3 N–H and O–H groups in total. The summed E-state index contributed by atoms with van der Waals surface area (Å²) in [7, 11) is 0. The molecule has 0 bridgehead atoms. The fourth-order valence-electron chi connectivity index (χ4n) is 2.73. The maximum Gasteiger partial charge on any atom is 0.303 e. The highest BCUT2D eigenvalue weighted by molar-refractivity contribution is 6.02. The monoisotopic (exact) mass is 320 g/mol. The van der Waals surface area contributed by atoms with Crippen LogP contribution in [0.4, 0.5) is 0 Å². The van der Waals surface area contributed by atoms with E-state index < -0.39 is 17.4 Å². The number of amides is 1. The molecule has 0 saturated carbocycles. The Kier molecular flexibility index (Phi) is 4.68. The average Bonchev–Trinajstić information content (AvgIpc) is 2.41. The van der Waals surface area contributed by atoms with Gasteiger partial charge < -0.3 is 15.4 Å². The number of hydrogen-bond donors (Lipinski definition) is 3. The Morgan fingerprint density at radius 3 is 2.65 bits per heavy atom. The zero-order chi connectivity index (χ0) is 17.2. The van der Waals surface area contributed by atoms with E-state index in [1.54, 1.807) is 0 Å². The first-order chi connectivity index (χ1) is 10.7. The summed E-state index contributed by atoms with van der Waals surface area (Å²) in [5.74, 6) is -1.64. The molecule has 7 heteroatoms. The predicted molar refractivity (Wildman–Crippen MR) is 82.7 cm³/mol. The second-order valence-electron chi connectivity index (χ2n) is 6.60. The Labute approximate surface area is 133 Å². The topological polar surface area (TPSA) is 116 Å². The van der Waals surface area contributed by atoms with E-state index in [0.717, 1.165) is 0 Å². The maximum absolute atomic E-state index is 12.2. The second kappa shape index (κ2) is 6.36. The molecule has 1 aliphatic carbocycles. The highest BCUT2D eigenvalue weighted by atomic mass is 16.4. The van der Waals surface area contributed by atoms with Gasteiger partial charge in [0.25, 0.3) is 11.5 Å². The van der Waals surface area contributed by atoms with Crippen molar-refractivity contribution in [2.45, 2.75) is 39.5 Å². The van der Waals surface area contributed by atoms with Crippen LogP contribution in [0.2, 0.25) is 0 Å². The van der Waals surface area contributed by atoms with E-state index in [9.17, 15) is 19.2 Å². The van der Waals surface area contributed by atoms with E-state index >= 15 is 0 Å². The van der Waals surface area contributed by atoms with Crippen molar-refractivity contribution >= 4 is 17.7 Å². The Morgan fingerprint density at radius 1 is 1.30 bits per heavy atom. The summed E-state index contributed by atoms with van der Waals surface area (Å²) in [5.41, 5.74) is 0.0866. The van der Waals surface area contributed by atoms with Crippen LogP contribution in [0.25, 0.3) is 0 Å². The third kappa shape index (κ3) is 4.06. The molecular formula is C16H20N2O5. The van der Waals surface area contributed by atoms with E-state index in [1.165, 1.54) is 6.07 Å². The third-order valence-electron chi connectivity index (χ3n) is 3.82. The number of carbonyl (C=O) groups excluding carboxylic acids is 2. The normalized spacial score (nSPS) is 15.8. The molecule has 0 unspecified atom stereocenters. The van der Waals surface area contributed by atoms with Gasteiger partial charge in [0, 0.05) is 30.6 Å². The lowest BCUT2D eigenvalue weighted by atomic mass is 9.75. The fraction of sp³-hybridized carbons (Fsp3) is 0.500. The van der Waals surface area contributed by atoms with Crippen LogP contribution in [-0.2, 0) is 11.2 Å². The SMILES string of the molecule is CC1(C)CC(=O)c2cc(C(=O)NCCCC(=O)O)c(=O)[nH]c2C1. The number of rotatable bonds is 5. The summed E-state index contributed by atoms with van der Waals surface area (Å²) in [5, 5.41) is 11.0. The first-order valence-electron chi connectivity index (χ1n) is 7.49. The van der Waals surface area contributed by atoms with Crippen molar-refractivity contribution in [2.24, 2.45) is 5.41 Å². The highest BCUT2D eigenvalue weighted by Crippen LogP contribution is 2.33. The van der Waals surface area contributed by atoms with Crippen molar-refractivity contribution in [1.29, 1.82) is 0 Å². The first-order valence-corrected chi connectivity index (χ1v) is 7.49. The van der Waals surface area contributed by atoms with Gasteiger partial charge in [-0.15, -0.1) is 0 Å². The number of carboxylic acid groups (broad SMARTS) is 1. The van der Waals surface area contributed by atoms with Crippen molar-refractivity contribution in [2.75, 3.05) is 6.54 Å². The first kappa shape index (κ1) is 16.9. The number of nitrogens with one attached hydrogen (secondary N) is 2. The van der Waals surface area contributed by atoms with Gasteiger partial charge in [-0.1, -0.05) is 13.8 Å². The molecule has 2 rings (SSSR count). The van der Waals surface area contributed by atoms with Crippen LogP contribution in [0.3, 0.4) is 0 Å². The fourth-order valence-corrected chi connectivity index (χ4v) is 2.73. The van der Waals surface area contributed by atoms with E-state index in [-0.39, 0.29) is 36.1 Å². The molecule has 124 valence electrons. The number of ketones is 1. The Morgan fingerprint density at radius 2 is 2.00 bits per heavy atom. The summed E-state index contributed by atoms with van der Waals surface area (Å²) in [4.78, 5) is 49.4. The third-order valence-corrected chi connectivity index (χ3v) is 3.82. The van der Waals surface area contributed by atoms with Gasteiger partial charge in [0.2, 0.25) is 0 Å². The summed E-state index contributed by atoms with van der Waals surface area (Å²) in [6.07, 6.45) is 1.15. The van der Waals surface area contributed by atoms with Crippen molar-refractivity contribution in [3.05, 3.63) is 33.2 Å². The number of hydrogen-bond acceptors (Lipinski definition) is 4. The van der Waals surface area contributed by atoms with Gasteiger partial charge >= 0.3 is 5.97 Å². The molecular weight excluding hydrogens is 300 g/mol. The Hall–Kier alpha value is -2.44. The van der Waals surface area contributed by atoms with Crippen molar-refractivity contribution in [3.63, 3.8) is 0 Å². The molecule has 0 spiro atoms. The number of pyridine rings is 1. The van der Waals surface area contributed by atoms with E-state index in [1.807, 2.05) is 13.8 Å². The van der Waals surface area contributed by atoms with E-state index in [2.05, 4.69) is 10.3 Å². The zero-order valence-electron chi connectivity index (χ0n) is 13.2. The zero-order valence-corrected chi connectivity index (χ0v) is 13.2. The number of H-pyrrole nitrogens is 1. The molecule has 0 radical (unpaired) electrons. The number of Topliss-reactive ketones (excluding diaryl/α,β-unsaturated/α-hetero) is 1. The van der Waals surface area contributed by atoms with Crippen LogP contribution in [0.15, 0.2) is 10.9 Å². The van der Waals surface area contributed by atoms with Crippen LogP contribution in [0.1, 0.15) is 59.5 Å². The van der Waals surface area contributed by atoms with Crippen LogP contribution in [0.5, 0.6) is 0 Å². The molecule has 1 aromatic heterocycles. The van der Waals surface area contributed by atoms with Crippen molar-refractivity contribution in [1.82, 2.24) is 10.3 Å². The molecule has 7 nitrogen and oxygen atoms in total. The number of aliphatic carboxylic acids is 1. The number of aromatic amines is 1. The van der Waals surface area contributed by atoms with Crippen LogP contribution >= 0.6 is 0 Å². The van der Waals surface area contributed by atoms with Gasteiger partial charge in [-0.05, 0) is 24.3 Å². The lowest BCUT2D eigenvalue weighted by molar-refractivity contribution is -0.137. The van der Waals surface area contributed by atoms with Gasteiger partial charge in [0.05, 0.1) is 0 Å². The largest absolute Gasteiger partial charge is 0.481 e. The molecule has 0 saturated heterocycles. The second-order valence-corrected chi connectivity index (χ2v) is 6.60. The average molecular weight is 320 g/mol. The van der Waals surface area contributed by atoms with E-state index in [0.29, 0.717) is 24.1 Å². The van der Waals surface area contributed by atoms with Gasteiger partial charge in [0.15, 0.2) is 5.78 Å². The minimum absolute atomic E-state index is 0.0611. The number of carboxylic acids is 1. The Bertz CT molecular complexity index is 718. The lowest BCUT2D eigenvalue weighted by Crippen LogP contribution is -2.35. The Balaban J connectivity index is 2.17. The molecule has 0 fully saturated rings. The lowest BCUT2D eigenvalue weighted by Gasteiger charge is -2.29. The molecule has 1 aliphatic rings. The molecule has 23 heavy (non-hydrogen) atoms. The van der Waals surface area contributed by atoms with Gasteiger partial charge in [-0.25, -0.2) is 0 Å². The minimum atomic E-state index is -0.945. The quantitative estimate of drug-likeness (QED) is 0.703. The number of aromatic nitrogens is 1. The predicted octanol–water partition coefficient (Wildman–Crippen LogP) is 1.12. The van der Waals surface area contributed by atoms with Crippen molar-refractivity contribution in [3.8, 4) is 0 Å². The summed E-state index contributed by atoms with van der Waals surface area (Å²) in [6, 6.07) is 1.35. The van der Waals surface area contributed by atoms with Crippen LogP contribution < -0.4 is 10.9 Å². The van der Waals surface area contributed by atoms with Gasteiger partial charge in [-0.2, -0.15) is 0 Å². The van der Waals surface area contributed by atoms with Crippen molar-refractivity contribution < 1.29 is 19.5 Å². The molecule has 0 atom stereocenters. The molecule has 1 aromatic rings. The number of carbonyl (C=O) groups is 3. The minimum Gasteiger partial charge on any atom is -0.481 e. The summed E-state index contributed by atoms with van der Waals surface area (Å²) in [6.45, 7) is 4.06. The highest BCUT2D eigenvalue weighted by Gasteiger charge is 2.32.